The minimum absolute atomic E-state index is 0.0110. The zero-order chi connectivity index (χ0) is 21.8. The number of ether oxygens (including phenoxy) is 2. The van der Waals surface area contributed by atoms with Gasteiger partial charge in [-0.1, -0.05) is 17.7 Å². The Labute approximate surface area is 182 Å². The molecule has 30 heavy (non-hydrogen) atoms. The highest BCUT2D eigenvalue weighted by Crippen LogP contribution is 2.39. The SMILES string of the molecule is COc1ccc(C2CN(C(=O)c3ccc(Cl)cc3)CC2C(=O)NC(C)C)c(OC)c1. The van der Waals surface area contributed by atoms with E-state index < -0.39 is 0 Å². The number of hydrogen-bond acceptors (Lipinski definition) is 4. The Morgan fingerprint density at radius 1 is 1.07 bits per heavy atom. The van der Waals surface area contributed by atoms with Crippen molar-refractivity contribution in [3.8, 4) is 11.5 Å². The van der Waals surface area contributed by atoms with Gasteiger partial charge in [0, 0.05) is 47.3 Å². The van der Waals surface area contributed by atoms with Crippen LogP contribution in [0, 0.1) is 5.92 Å². The maximum absolute atomic E-state index is 13.1. The number of halogens is 1. The summed E-state index contributed by atoms with van der Waals surface area (Å²) in [6, 6.07) is 12.4. The third-order valence-electron chi connectivity index (χ3n) is 5.31. The molecule has 1 saturated heterocycles. The van der Waals surface area contributed by atoms with Crippen molar-refractivity contribution in [3.63, 3.8) is 0 Å². The fourth-order valence-electron chi connectivity index (χ4n) is 3.84. The number of benzene rings is 2. The number of rotatable bonds is 6. The number of carbonyl (C=O) groups is 2. The van der Waals surface area contributed by atoms with E-state index in [0.717, 1.165) is 5.56 Å². The van der Waals surface area contributed by atoms with E-state index in [0.29, 0.717) is 35.2 Å². The number of hydrogen-bond donors (Lipinski definition) is 1. The van der Waals surface area contributed by atoms with Crippen molar-refractivity contribution >= 4 is 23.4 Å². The summed E-state index contributed by atoms with van der Waals surface area (Å²) in [7, 11) is 3.18. The van der Waals surface area contributed by atoms with Crippen LogP contribution in [0.4, 0.5) is 0 Å². The summed E-state index contributed by atoms with van der Waals surface area (Å²) in [6.45, 7) is 4.60. The Morgan fingerprint density at radius 3 is 2.37 bits per heavy atom. The maximum atomic E-state index is 13.1. The van der Waals surface area contributed by atoms with Gasteiger partial charge in [0.1, 0.15) is 11.5 Å². The third-order valence-corrected chi connectivity index (χ3v) is 5.56. The number of methoxy groups -OCH3 is 2. The van der Waals surface area contributed by atoms with Crippen molar-refractivity contribution in [1.29, 1.82) is 0 Å². The second-order valence-electron chi connectivity index (χ2n) is 7.70. The Morgan fingerprint density at radius 2 is 1.77 bits per heavy atom. The number of carbonyl (C=O) groups excluding carboxylic acids is 2. The highest BCUT2D eigenvalue weighted by molar-refractivity contribution is 6.30. The topological polar surface area (TPSA) is 67.9 Å². The second kappa shape index (κ2) is 9.39. The van der Waals surface area contributed by atoms with Crippen LogP contribution in [-0.4, -0.2) is 50.1 Å². The quantitative estimate of drug-likeness (QED) is 0.758. The van der Waals surface area contributed by atoms with Gasteiger partial charge in [-0.25, -0.2) is 0 Å². The van der Waals surface area contributed by atoms with Gasteiger partial charge in [0.2, 0.25) is 5.91 Å². The average molecular weight is 431 g/mol. The molecular weight excluding hydrogens is 404 g/mol. The lowest BCUT2D eigenvalue weighted by Crippen LogP contribution is -2.39. The molecule has 2 aromatic carbocycles. The van der Waals surface area contributed by atoms with Gasteiger partial charge in [-0.05, 0) is 44.2 Å². The minimum atomic E-state index is -0.383. The fourth-order valence-corrected chi connectivity index (χ4v) is 3.97. The summed E-state index contributed by atoms with van der Waals surface area (Å²) in [5.41, 5.74) is 1.43. The van der Waals surface area contributed by atoms with E-state index in [2.05, 4.69) is 5.32 Å². The molecule has 3 rings (SSSR count). The summed E-state index contributed by atoms with van der Waals surface area (Å²) < 4.78 is 10.9. The van der Waals surface area contributed by atoms with Crippen molar-refractivity contribution in [2.24, 2.45) is 5.92 Å². The van der Waals surface area contributed by atoms with Crippen LogP contribution in [0.25, 0.3) is 0 Å². The van der Waals surface area contributed by atoms with Crippen LogP contribution < -0.4 is 14.8 Å². The minimum Gasteiger partial charge on any atom is -0.497 e. The summed E-state index contributed by atoms with van der Waals surface area (Å²) in [4.78, 5) is 27.8. The van der Waals surface area contributed by atoms with Gasteiger partial charge in [-0.2, -0.15) is 0 Å². The van der Waals surface area contributed by atoms with Crippen LogP contribution in [-0.2, 0) is 4.79 Å². The van der Waals surface area contributed by atoms with Crippen molar-refractivity contribution < 1.29 is 19.1 Å². The molecule has 1 aliphatic heterocycles. The van der Waals surface area contributed by atoms with E-state index in [1.54, 1.807) is 49.5 Å². The van der Waals surface area contributed by atoms with Gasteiger partial charge in [-0.3, -0.25) is 9.59 Å². The lowest BCUT2D eigenvalue weighted by Gasteiger charge is -2.21. The molecule has 160 valence electrons. The molecule has 2 unspecified atom stereocenters. The molecular formula is C23H27ClN2O4. The molecule has 2 atom stereocenters. The zero-order valence-corrected chi connectivity index (χ0v) is 18.4. The predicted octanol–water partition coefficient (Wildman–Crippen LogP) is 3.74. The molecule has 2 aromatic rings. The molecule has 6 nitrogen and oxygen atoms in total. The Kier molecular flexibility index (Phi) is 6.87. The first-order chi connectivity index (χ1) is 14.3. The summed E-state index contributed by atoms with van der Waals surface area (Å²) >= 11 is 5.95. The van der Waals surface area contributed by atoms with Gasteiger partial charge < -0.3 is 19.7 Å². The third kappa shape index (κ3) is 4.70. The first kappa shape index (κ1) is 22.0. The van der Waals surface area contributed by atoms with E-state index >= 15 is 0 Å². The van der Waals surface area contributed by atoms with Gasteiger partial charge >= 0.3 is 0 Å². The average Bonchev–Trinajstić information content (AvgIpc) is 3.18. The lowest BCUT2D eigenvalue weighted by atomic mass is 9.87. The van der Waals surface area contributed by atoms with E-state index in [1.807, 2.05) is 26.0 Å². The lowest BCUT2D eigenvalue weighted by molar-refractivity contribution is -0.125. The molecule has 0 aromatic heterocycles. The second-order valence-corrected chi connectivity index (χ2v) is 8.14. The van der Waals surface area contributed by atoms with Crippen molar-refractivity contribution in [3.05, 3.63) is 58.6 Å². The molecule has 0 bridgehead atoms. The number of amides is 2. The van der Waals surface area contributed by atoms with Gasteiger partial charge in [-0.15, -0.1) is 0 Å². The van der Waals surface area contributed by atoms with Crippen LogP contribution in [0.2, 0.25) is 5.02 Å². The van der Waals surface area contributed by atoms with Crippen LogP contribution in [0.3, 0.4) is 0 Å². The summed E-state index contributed by atoms with van der Waals surface area (Å²) in [6.07, 6.45) is 0. The number of nitrogens with zero attached hydrogens (tertiary/aromatic N) is 1. The summed E-state index contributed by atoms with van der Waals surface area (Å²) in [5, 5.41) is 3.56. The molecule has 0 spiro atoms. The smallest absolute Gasteiger partial charge is 0.253 e. The molecule has 1 fully saturated rings. The van der Waals surface area contributed by atoms with Crippen molar-refractivity contribution in [2.45, 2.75) is 25.8 Å². The molecule has 1 heterocycles. The molecule has 7 heteroatoms. The summed E-state index contributed by atoms with van der Waals surface area (Å²) in [5.74, 6) is 0.545. The first-order valence-corrected chi connectivity index (χ1v) is 10.3. The van der Waals surface area contributed by atoms with E-state index in [-0.39, 0.29) is 29.7 Å². The highest BCUT2D eigenvalue weighted by Gasteiger charge is 2.42. The van der Waals surface area contributed by atoms with Crippen LogP contribution in [0.5, 0.6) is 11.5 Å². The fraction of sp³-hybridized carbons (Fsp3) is 0.391. The largest absolute Gasteiger partial charge is 0.497 e. The molecule has 1 N–H and O–H groups in total. The van der Waals surface area contributed by atoms with E-state index in [4.69, 9.17) is 21.1 Å². The van der Waals surface area contributed by atoms with Crippen molar-refractivity contribution in [1.82, 2.24) is 10.2 Å². The Balaban J connectivity index is 1.93. The van der Waals surface area contributed by atoms with Crippen molar-refractivity contribution in [2.75, 3.05) is 27.3 Å². The standard InChI is InChI=1S/C23H27ClN2O4/c1-14(2)25-22(27)20-13-26(23(28)15-5-7-16(24)8-6-15)12-19(20)18-10-9-17(29-3)11-21(18)30-4/h5-11,14,19-20H,12-13H2,1-4H3,(H,25,27). The van der Waals surface area contributed by atoms with E-state index in [9.17, 15) is 9.59 Å². The van der Waals surface area contributed by atoms with Crippen LogP contribution in [0.1, 0.15) is 35.7 Å². The first-order valence-electron chi connectivity index (χ1n) is 9.91. The van der Waals surface area contributed by atoms with Crippen LogP contribution in [0.15, 0.2) is 42.5 Å². The Bertz CT molecular complexity index is 914. The molecule has 0 saturated carbocycles. The maximum Gasteiger partial charge on any atom is 0.253 e. The monoisotopic (exact) mass is 430 g/mol. The molecule has 0 aliphatic carbocycles. The van der Waals surface area contributed by atoms with Gasteiger partial charge in [0.15, 0.2) is 0 Å². The van der Waals surface area contributed by atoms with Gasteiger partial charge in [0.25, 0.3) is 5.91 Å². The predicted molar refractivity (Wildman–Crippen MR) is 116 cm³/mol. The van der Waals surface area contributed by atoms with Gasteiger partial charge in [0.05, 0.1) is 20.1 Å². The molecule has 2 amide bonds. The molecule has 1 aliphatic rings. The number of nitrogens with one attached hydrogen (secondary N) is 1. The van der Waals surface area contributed by atoms with Crippen LogP contribution >= 0.6 is 11.6 Å². The highest BCUT2D eigenvalue weighted by atomic mass is 35.5. The zero-order valence-electron chi connectivity index (χ0n) is 17.6. The van der Waals surface area contributed by atoms with E-state index in [1.165, 1.54) is 0 Å². The molecule has 0 radical (unpaired) electrons. The number of likely N-dealkylation sites (tertiary alicyclic amines) is 1. The Hall–Kier alpha value is -2.73. The normalized spacial score (nSPS) is 18.4.